The van der Waals surface area contributed by atoms with Crippen LogP contribution >= 0.6 is 12.2 Å². The third kappa shape index (κ3) is 3.69. The highest BCUT2D eigenvalue weighted by Gasteiger charge is 2.33. The third-order valence-electron chi connectivity index (χ3n) is 2.66. The van der Waals surface area contributed by atoms with Gasteiger partial charge in [-0.1, -0.05) is 12.2 Å². The largest absolute Gasteiger partial charge is 0.433 e. The van der Waals surface area contributed by atoms with Gasteiger partial charge in [-0.3, -0.25) is 4.68 Å². The van der Waals surface area contributed by atoms with Gasteiger partial charge in [-0.15, -0.1) is 0 Å². The molecule has 9 heteroatoms. The molecule has 0 atom stereocenters. The van der Waals surface area contributed by atoms with Crippen LogP contribution in [-0.2, 0) is 19.8 Å². The number of nitrogens with zero attached hydrogens (tertiary/aromatic N) is 3. The van der Waals surface area contributed by atoms with Crippen molar-refractivity contribution in [3.63, 3.8) is 0 Å². The minimum absolute atomic E-state index is 0.0111. The summed E-state index contributed by atoms with van der Waals surface area (Å²) in [6, 6.07) is 3.79. The average Bonchev–Trinajstić information content (AvgIpc) is 2.80. The van der Waals surface area contributed by atoms with Crippen LogP contribution in [0.4, 0.5) is 19.0 Å². The Hall–Kier alpha value is -2.16. The summed E-state index contributed by atoms with van der Waals surface area (Å²) in [5.41, 5.74) is 5.41. The van der Waals surface area contributed by atoms with Crippen molar-refractivity contribution in [2.24, 2.45) is 12.8 Å². The van der Waals surface area contributed by atoms with Gasteiger partial charge in [-0.2, -0.15) is 18.3 Å². The predicted octanol–water partition coefficient (Wildman–Crippen LogP) is 2.08. The maximum atomic E-state index is 12.7. The molecule has 0 unspecified atom stereocenters. The van der Waals surface area contributed by atoms with E-state index in [-0.39, 0.29) is 22.9 Å². The SMILES string of the molecule is Cn1ccc(CNc2nc(C(F)(F)F)ccc2C(N)=S)n1. The molecule has 5 nitrogen and oxygen atoms in total. The number of aryl methyl sites for hydroxylation is 1. The van der Waals surface area contributed by atoms with Gasteiger partial charge in [-0.25, -0.2) is 4.98 Å². The van der Waals surface area contributed by atoms with Crippen molar-refractivity contribution in [1.29, 1.82) is 0 Å². The van der Waals surface area contributed by atoms with Gasteiger partial charge in [-0.05, 0) is 18.2 Å². The lowest BCUT2D eigenvalue weighted by atomic mass is 10.2. The number of anilines is 1. The van der Waals surface area contributed by atoms with Gasteiger partial charge in [0, 0.05) is 13.2 Å². The molecule has 0 spiro atoms. The number of thiocarbonyl (C=S) groups is 1. The predicted molar refractivity (Wildman–Crippen MR) is 75.7 cm³/mol. The van der Waals surface area contributed by atoms with Gasteiger partial charge in [0.15, 0.2) is 0 Å². The first-order valence-electron chi connectivity index (χ1n) is 5.88. The van der Waals surface area contributed by atoms with E-state index < -0.39 is 11.9 Å². The molecule has 112 valence electrons. The van der Waals surface area contributed by atoms with Crippen LogP contribution in [0, 0.1) is 0 Å². The van der Waals surface area contributed by atoms with E-state index in [9.17, 15) is 13.2 Å². The molecule has 3 N–H and O–H groups in total. The lowest BCUT2D eigenvalue weighted by Gasteiger charge is -2.12. The fraction of sp³-hybridized carbons (Fsp3) is 0.250. The Kier molecular flexibility index (Phi) is 4.12. The van der Waals surface area contributed by atoms with Crippen molar-refractivity contribution in [1.82, 2.24) is 14.8 Å². The molecule has 0 aliphatic rings. The Balaban J connectivity index is 2.28. The Morgan fingerprint density at radius 3 is 2.62 bits per heavy atom. The lowest BCUT2D eigenvalue weighted by Crippen LogP contribution is -2.17. The first-order chi connectivity index (χ1) is 9.77. The molecule has 0 bridgehead atoms. The van der Waals surface area contributed by atoms with Crippen LogP contribution in [-0.4, -0.2) is 19.8 Å². The smallest absolute Gasteiger partial charge is 0.389 e. The molecule has 2 rings (SSSR count). The molecule has 0 saturated carbocycles. The van der Waals surface area contributed by atoms with Crippen LogP contribution in [0.5, 0.6) is 0 Å². The quantitative estimate of drug-likeness (QED) is 0.846. The number of nitrogens with two attached hydrogens (primary N) is 1. The molecular formula is C12H12F3N5S. The summed E-state index contributed by atoms with van der Waals surface area (Å²) < 4.78 is 39.7. The molecule has 0 aromatic carbocycles. The highest BCUT2D eigenvalue weighted by Crippen LogP contribution is 2.29. The van der Waals surface area contributed by atoms with E-state index in [1.54, 1.807) is 24.0 Å². The monoisotopic (exact) mass is 315 g/mol. The number of halogens is 3. The normalized spacial score (nSPS) is 11.4. The van der Waals surface area contributed by atoms with E-state index in [4.69, 9.17) is 18.0 Å². The summed E-state index contributed by atoms with van der Waals surface area (Å²) in [4.78, 5) is 3.52. The second-order valence-electron chi connectivity index (χ2n) is 4.29. The Morgan fingerprint density at radius 1 is 1.38 bits per heavy atom. The van der Waals surface area contributed by atoms with Crippen LogP contribution < -0.4 is 11.1 Å². The van der Waals surface area contributed by atoms with Crippen molar-refractivity contribution in [2.75, 3.05) is 5.32 Å². The maximum Gasteiger partial charge on any atom is 0.433 e. The topological polar surface area (TPSA) is 68.8 Å². The summed E-state index contributed by atoms with van der Waals surface area (Å²) in [5.74, 6) is -0.0111. The number of hydrogen-bond donors (Lipinski definition) is 2. The molecular weight excluding hydrogens is 303 g/mol. The van der Waals surface area contributed by atoms with Crippen molar-refractivity contribution in [3.05, 3.63) is 41.3 Å². The van der Waals surface area contributed by atoms with Gasteiger partial charge in [0.25, 0.3) is 0 Å². The van der Waals surface area contributed by atoms with E-state index >= 15 is 0 Å². The summed E-state index contributed by atoms with van der Waals surface area (Å²) in [5, 5.41) is 6.89. The summed E-state index contributed by atoms with van der Waals surface area (Å²) >= 11 is 4.82. The molecule has 0 saturated heterocycles. The van der Waals surface area contributed by atoms with Crippen molar-refractivity contribution >= 4 is 23.0 Å². The summed E-state index contributed by atoms with van der Waals surface area (Å²) in [6.45, 7) is 0.213. The van der Waals surface area contributed by atoms with Crippen molar-refractivity contribution in [2.45, 2.75) is 12.7 Å². The molecule has 0 aliphatic heterocycles. The summed E-state index contributed by atoms with van der Waals surface area (Å²) in [6.07, 6.45) is -2.80. The second-order valence-corrected chi connectivity index (χ2v) is 4.73. The average molecular weight is 315 g/mol. The van der Waals surface area contributed by atoms with Crippen molar-refractivity contribution in [3.8, 4) is 0 Å². The molecule has 2 aromatic heterocycles. The zero-order chi connectivity index (χ0) is 15.6. The van der Waals surface area contributed by atoms with Gasteiger partial charge in [0.1, 0.15) is 16.5 Å². The van der Waals surface area contributed by atoms with E-state index in [0.717, 1.165) is 6.07 Å². The number of pyridine rings is 1. The Morgan fingerprint density at radius 2 is 2.10 bits per heavy atom. The highest BCUT2D eigenvalue weighted by molar-refractivity contribution is 7.80. The molecule has 0 aliphatic carbocycles. The Bertz CT molecular complexity index is 665. The fourth-order valence-corrected chi connectivity index (χ4v) is 1.85. The summed E-state index contributed by atoms with van der Waals surface area (Å²) in [7, 11) is 1.74. The van der Waals surface area contributed by atoms with E-state index in [1.807, 2.05) is 0 Å². The van der Waals surface area contributed by atoms with E-state index in [0.29, 0.717) is 5.69 Å². The number of hydrogen-bond acceptors (Lipinski definition) is 4. The van der Waals surface area contributed by atoms with Crippen LogP contribution in [0.1, 0.15) is 17.0 Å². The minimum atomic E-state index is -4.53. The molecule has 0 amide bonds. The minimum Gasteiger partial charge on any atom is -0.389 e. The molecule has 0 fully saturated rings. The zero-order valence-electron chi connectivity index (χ0n) is 11.0. The van der Waals surface area contributed by atoms with Gasteiger partial charge in [0.2, 0.25) is 0 Å². The number of alkyl halides is 3. The van der Waals surface area contributed by atoms with Crippen LogP contribution in [0.3, 0.4) is 0 Å². The number of rotatable bonds is 4. The van der Waals surface area contributed by atoms with Crippen LogP contribution in [0.25, 0.3) is 0 Å². The fourth-order valence-electron chi connectivity index (χ4n) is 1.68. The molecule has 0 radical (unpaired) electrons. The maximum absolute atomic E-state index is 12.7. The van der Waals surface area contributed by atoms with E-state index in [2.05, 4.69) is 15.4 Å². The molecule has 2 aromatic rings. The number of nitrogens with one attached hydrogen (secondary N) is 1. The van der Waals surface area contributed by atoms with Gasteiger partial charge < -0.3 is 11.1 Å². The second kappa shape index (κ2) is 5.68. The standard InChI is InChI=1S/C12H12F3N5S/c1-20-5-4-7(19-20)6-17-11-8(10(16)21)2-3-9(18-11)12(13,14)15/h2-5H,6H2,1H3,(H2,16,21)(H,17,18). The number of aromatic nitrogens is 3. The third-order valence-corrected chi connectivity index (χ3v) is 2.88. The Labute approximate surface area is 124 Å². The van der Waals surface area contributed by atoms with E-state index in [1.165, 1.54) is 6.07 Å². The lowest BCUT2D eigenvalue weighted by molar-refractivity contribution is -0.141. The van der Waals surface area contributed by atoms with Crippen molar-refractivity contribution < 1.29 is 13.2 Å². The van der Waals surface area contributed by atoms with Crippen LogP contribution in [0.2, 0.25) is 0 Å². The van der Waals surface area contributed by atoms with Gasteiger partial charge in [0.05, 0.1) is 17.8 Å². The first kappa shape index (κ1) is 15.2. The zero-order valence-corrected chi connectivity index (χ0v) is 11.8. The first-order valence-corrected chi connectivity index (χ1v) is 6.28. The van der Waals surface area contributed by atoms with Gasteiger partial charge >= 0.3 is 6.18 Å². The van der Waals surface area contributed by atoms with Crippen LogP contribution in [0.15, 0.2) is 24.4 Å². The molecule has 21 heavy (non-hydrogen) atoms. The molecule has 2 heterocycles. The highest BCUT2D eigenvalue weighted by atomic mass is 32.1.